The largest absolute Gasteiger partial charge is 0.383 e. The highest BCUT2D eigenvalue weighted by Gasteiger charge is 2.27. The summed E-state index contributed by atoms with van der Waals surface area (Å²) in [6.45, 7) is 12.3. The quantitative estimate of drug-likeness (QED) is 0.693. The Labute approximate surface area is 101 Å². The summed E-state index contributed by atoms with van der Waals surface area (Å²) < 4.78 is 5.30. The third-order valence-electron chi connectivity index (χ3n) is 3.53. The normalized spacial score (nSPS) is 22.9. The van der Waals surface area contributed by atoms with Crippen molar-refractivity contribution >= 4 is 0 Å². The van der Waals surface area contributed by atoms with Crippen LogP contribution in [0.15, 0.2) is 0 Å². The van der Waals surface area contributed by atoms with Gasteiger partial charge in [-0.05, 0) is 47.1 Å². The van der Waals surface area contributed by atoms with Crippen LogP contribution in [0, 0.1) is 0 Å². The maximum Gasteiger partial charge on any atom is 0.0618 e. The van der Waals surface area contributed by atoms with Crippen molar-refractivity contribution in [1.82, 2.24) is 9.80 Å². The zero-order valence-corrected chi connectivity index (χ0v) is 11.6. The molecular weight excluding hydrogens is 200 g/mol. The van der Waals surface area contributed by atoms with Crippen molar-refractivity contribution in [1.29, 1.82) is 0 Å². The van der Waals surface area contributed by atoms with Crippen LogP contribution in [-0.4, -0.2) is 54.9 Å². The first-order valence-corrected chi connectivity index (χ1v) is 6.55. The molecule has 0 spiro atoms. The average Bonchev–Trinajstić information content (AvgIpc) is 2.61. The van der Waals surface area contributed by atoms with Gasteiger partial charge < -0.3 is 4.74 Å². The van der Waals surface area contributed by atoms with Gasteiger partial charge in [0.1, 0.15) is 0 Å². The molecule has 1 aliphatic heterocycles. The predicted molar refractivity (Wildman–Crippen MR) is 68.6 cm³/mol. The lowest BCUT2D eigenvalue weighted by Gasteiger charge is -2.36. The number of hydrogen-bond acceptors (Lipinski definition) is 3. The SMILES string of the molecule is COC[C@H]1CCCN1CN(C(C)C)C(C)C. The number of hydrogen-bond donors (Lipinski definition) is 0. The van der Waals surface area contributed by atoms with E-state index in [0.29, 0.717) is 18.1 Å². The molecule has 3 nitrogen and oxygen atoms in total. The second-order valence-electron chi connectivity index (χ2n) is 5.41. The van der Waals surface area contributed by atoms with Crippen LogP contribution in [0.2, 0.25) is 0 Å². The van der Waals surface area contributed by atoms with E-state index in [1.165, 1.54) is 19.4 Å². The van der Waals surface area contributed by atoms with Crippen molar-refractivity contribution < 1.29 is 4.74 Å². The van der Waals surface area contributed by atoms with Gasteiger partial charge in [-0.2, -0.15) is 0 Å². The monoisotopic (exact) mass is 228 g/mol. The molecule has 3 heteroatoms. The minimum atomic E-state index is 0.615. The third kappa shape index (κ3) is 3.72. The zero-order chi connectivity index (χ0) is 12.1. The lowest BCUT2D eigenvalue weighted by atomic mass is 10.2. The predicted octanol–water partition coefficient (Wildman–Crippen LogP) is 2.17. The standard InChI is InChI=1S/C13H28N2O/c1-11(2)15(12(3)4)10-14-8-6-7-13(14)9-16-5/h11-13H,6-10H2,1-5H3/t13-/m1/s1. The molecule has 0 unspecified atom stereocenters. The van der Waals surface area contributed by atoms with Gasteiger partial charge in [0, 0.05) is 25.2 Å². The molecule has 0 aromatic rings. The molecule has 1 heterocycles. The van der Waals surface area contributed by atoms with Gasteiger partial charge in [0.15, 0.2) is 0 Å². The van der Waals surface area contributed by atoms with Gasteiger partial charge in [0.05, 0.1) is 13.3 Å². The second kappa shape index (κ2) is 6.58. The lowest BCUT2D eigenvalue weighted by molar-refractivity contribution is 0.0426. The minimum absolute atomic E-state index is 0.615. The van der Waals surface area contributed by atoms with Gasteiger partial charge in [-0.1, -0.05) is 0 Å². The van der Waals surface area contributed by atoms with Crippen LogP contribution in [0.5, 0.6) is 0 Å². The number of likely N-dealkylation sites (tertiary alicyclic amines) is 1. The molecule has 0 aromatic carbocycles. The molecule has 0 N–H and O–H groups in total. The summed E-state index contributed by atoms with van der Waals surface area (Å²) in [5, 5.41) is 0. The van der Waals surface area contributed by atoms with Crippen LogP contribution in [0.1, 0.15) is 40.5 Å². The van der Waals surface area contributed by atoms with E-state index in [2.05, 4.69) is 37.5 Å². The Morgan fingerprint density at radius 1 is 1.25 bits per heavy atom. The smallest absolute Gasteiger partial charge is 0.0618 e. The maximum atomic E-state index is 5.30. The molecule has 0 aliphatic carbocycles. The molecule has 16 heavy (non-hydrogen) atoms. The van der Waals surface area contributed by atoms with Crippen molar-refractivity contribution in [2.45, 2.75) is 58.7 Å². The number of ether oxygens (including phenoxy) is 1. The fraction of sp³-hybridized carbons (Fsp3) is 1.00. The van der Waals surface area contributed by atoms with E-state index in [9.17, 15) is 0 Å². The molecule has 1 aliphatic rings. The highest BCUT2D eigenvalue weighted by molar-refractivity contribution is 4.80. The van der Waals surface area contributed by atoms with E-state index in [4.69, 9.17) is 4.74 Å². The molecule has 1 atom stereocenters. The lowest BCUT2D eigenvalue weighted by Crippen LogP contribution is -2.47. The molecule has 0 radical (unpaired) electrons. The summed E-state index contributed by atoms with van der Waals surface area (Å²) in [7, 11) is 1.80. The van der Waals surface area contributed by atoms with Crippen molar-refractivity contribution in [2.75, 3.05) is 26.9 Å². The maximum absolute atomic E-state index is 5.30. The van der Waals surface area contributed by atoms with E-state index >= 15 is 0 Å². The summed E-state index contributed by atoms with van der Waals surface area (Å²) >= 11 is 0. The van der Waals surface area contributed by atoms with E-state index in [0.717, 1.165) is 13.3 Å². The number of methoxy groups -OCH3 is 1. The van der Waals surface area contributed by atoms with Crippen molar-refractivity contribution in [3.05, 3.63) is 0 Å². The van der Waals surface area contributed by atoms with Gasteiger partial charge in [0.2, 0.25) is 0 Å². The zero-order valence-electron chi connectivity index (χ0n) is 11.6. The molecule has 0 aromatic heterocycles. The van der Waals surface area contributed by atoms with Crippen LogP contribution < -0.4 is 0 Å². The molecule has 0 saturated carbocycles. The molecule has 0 bridgehead atoms. The average molecular weight is 228 g/mol. The van der Waals surface area contributed by atoms with E-state index in [1.54, 1.807) is 7.11 Å². The summed E-state index contributed by atoms with van der Waals surface area (Å²) in [4.78, 5) is 5.12. The number of rotatable bonds is 6. The third-order valence-corrected chi connectivity index (χ3v) is 3.53. The second-order valence-corrected chi connectivity index (χ2v) is 5.41. The van der Waals surface area contributed by atoms with Crippen molar-refractivity contribution in [3.63, 3.8) is 0 Å². The first-order valence-electron chi connectivity index (χ1n) is 6.55. The highest BCUT2D eigenvalue weighted by atomic mass is 16.5. The summed E-state index contributed by atoms with van der Waals surface area (Å²) in [6.07, 6.45) is 2.61. The molecular formula is C13H28N2O. The van der Waals surface area contributed by atoms with Crippen LogP contribution >= 0.6 is 0 Å². The van der Waals surface area contributed by atoms with Crippen LogP contribution in [-0.2, 0) is 4.74 Å². The topological polar surface area (TPSA) is 15.7 Å². The Balaban J connectivity index is 2.50. The van der Waals surface area contributed by atoms with Gasteiger partial charge in [-0.25, -0.2) is 0 Å². The molecule has 1 rings (SSSR count). The van der Waals surface area contributed by atoms with Gasteiger partial charge in [0.25, 0.3) is 0 Å². The first kappa shape index (κ1) is 13.9. The molecule has 1 fully saturated rings. The molecule has 96 valence electrons. The van der Waals surface area contributed by atoms with E-state index in [1.807, 2.05) is 0 Å². The van der Waals surface area contributed by atoms with Crippen molar-refractivity contribution in [3.8, 4) is 0 Å². The van der Waals surface area contributed by atoms with Crippen LogP contribution in [0.25, 0.3) is 0 Å². The Hall–Kier alpha value is -0.120. The first-order chi connectivity index (χ1) is 7.56. The van der Waals surface area contributed by atoms with Crippen molar-refractivity contribution in [2.24, 2.45) is 0 Å². The fourth-order valence-corrected chi connectivity index (χ4v) is 2.60. The summed E-state index contributed by atoms with van der Waals surface area (Å²) in [6, 6.07) is 1.86. The van der Waals surface area contributed by atoms with Gasteiger partial charge >= 0.3 is 0 Å². The summed E-state index contributed by atoms with van der Waals surface area (Å²) in [5.74, 6) is 0. The number of nitrogens with zero attached hydrogens (tertiary/aromatic N) is 2. The van der Waals surface area contributed by atoms with E-state index < -0.39 is 0 Å². The summed E-state index contributed by atoms with van der Waals surface area (Å²) in [5.41, 5.74) is 0. The highest BCUT2D eigenvalue weighted by Crippen LogP contribution is 2.19. The van der Waals surface area contributed by atoms with Gasteiger partial charge in [-0.3, -0.25) is 9.80 Å². The van der Waals surface area contributed by atoms with Crippen LogP contribution in [0.3, 0.4) is 0 Å². The Morgan fingerprint density at radius 3 is 2.38 bits per heavy atom. The van der Waals surface area contributed by atoms with Crippen LogP contribution in [0.4, 0.5) is 0 Å². The Bertz CT molecular complexity index is 186. The van der Waals surface area contributed by atoms with E-state index in [-0.39, 0.29) is 0 Å². The Morgan fingerprint density at radius 2 is 1.88 bits per heavy atom. The minimum Gasteiger partial charge on any atom is -0.383 e. The Kier molecular flexibility index (Phi) is 5.73. The molecule has 1 saturated heterocycles. The fourth-order valence-electron chi connectivity index (χ4n) is 2.60. The van der Waals surface area contributed by atoms with Gasteiger partial charge in [-0.15, -0.1) is 0 Å². The molecule has 0 amide bonds.